The number of fused-ring (bicyclic) bond motifs is 1. The van der Waals surface area contributed by atoms with Gasteiger partial charge in [0.2, 0.25) is 0 Å². The van der Waals surface area contributed by atoms with E-state index >= 15 is 0 Å². The predicted octanol–water partition coefficient (Wildman–Crippen LogP) is 2.43. The molecule has 1 aromatic carbocycles. The van der Waals surface area contributed by atoms with Gasteiger partial charge in [0.25, 0.3) is 0 Å². The lowest BCUT2D eigenvalue weighted by Gasteiger charge is -2.20. The maximum absolute atomic E-state index is 6.00. The van der Waals surface area contributed by atoms with Crippen LogP contribution in [0, 0.1) is 0 Å². The van der Waals surface area contributed by atoms with Gasteiger partial charge < -0.3 is 15.0 Å². The number of rotatable bonds is 13. The van der Waals surface area contributed by atoms with Crippen molar-refractivity contribution in [3.8, 4) is 5.75 Å². The maximum atomic E-state index is 6.00. The molecule has 0 saturated carbocycles. The maximum Gasteiger partial charge on any atom is 0.172 e. The zero-order valence-electron chi connectivity index (χ0n) is 20.5. The number of nitrogens with zero attached hydrogens (tertiary/aromatic N) is 7. The van der Waals surface area contributed by atoms with Crippen molar-refractivity contribution >= 4 is 11.8 Å². The van der Waals surface area contributed by atoms with Gasteiger partial charge in [0.1, 0.15) is 12.4 Å². The minimum Gasteiger partial charge on any atom is -0.492 e. The molecule has 1 aliphatic heterocycles. The highest BCUT2D eigenvalue weighted by molar-refractivity contribution is 7.98. The van der Waals surface area contributed by atoms with Crippen LogP contribution in [0.15, 0.2) is 30.5 Å². The third-order valence-corrected chi connectivity index (χ3v) is 6.73. The zero-order chi connectivity index (χ0) is 23.8. The van der Waals surface area contributed by atoms with Gasteiger partial charge in [-0.25, -0.2) is 4.68 Å². The van der Waals surface area contributed by atoms with Crippen molar-refractivity contribution < 1.29 is 4.74 Å². The summed E-state index contributed by atoms with van der Waals surface area (Å²) in [5.74, 6) is 2.65. The number of aryl methyl sites for hydroxylation is 2. The SMILES string of the molecule is CSCCn1nnnc1C(NCCc1cnn2c1CCCC2)c1cccc(OCCN(C)C)c1. The van der Waals surface area contributed by atoms with Crippen LogP contribution in [-0.4, -0.2) is 80.7 Å². The molecule has 4 rings (SSSR count). The van der Waals surface area contributed by atoms with Crippen LogP contribution in [0.1, 0.15) is 41.5 Å². The van der Waals surface area contributed by atoms with Gasteiger partial charge in [-0.2, -0.15) is 16.9 Å². The molecule has 2 aromatic heterocycles. The van der Waals surface area contributed by atoms with E-state index in [2.05, 4.69) is 53.9 Å². The van der Waals surface area contributed by atoms with Gasteiger partial charge in [-0.1, -0.05) is 12.1 Å². The molecule has 9 nitrogen and oxygen atoms in total. The minimum absolute atomic E-state index is 0.124. The van der Waals surface area contributed by atoms with Crippen molar-refractivity contribution in [2.75, 3.05) is 45.8 Å². The number of hydrogen-bond acceptors (Lipinski definition) is 8. The average Bonchev–Trinajstić information content (AvgIpc) is 3.47. The predicted molar refractivity (Wildman–Crippen MR) is 135 cm³/mol. The van der Waals surface area contributed by atoms with Crippen LogP contribution in [0.5, 0.6) is 5.75 Å². The Morgan fingerprint density at radius 3 is 3.03 bits per heavy atom. The van der Waals surface area contributed by atoms with E-state index in [0.717, 1.165) is 61.9 Å². The van der Waals surface area contributed by atoms with Crippen LogP contribution in [0.4, 0.5) is 0 Å². The second-order valence-corrected chi connectivity index (χ2v) is 9.90. The fourth-order valence-corrected chi connectivity index (χ4v) is 4.64. The van der Waals surface area contributed by atoms with Crippen molar-refractivity contribution in [2.45, 2.75) is 44.8 Å². The molecular weight excluding hydrogens is 448 g/mol. The Bertz CT molecular complexity index is 1030. The third kappa shape index (κ3) is 6.37. The third-order valence-electron chi connectivity index (χ3n) is 6.14. The van der Waals surface area contributed by atoms with Crippen molar-refractivity contribution in [3.63, 3.8) is 0 Å². The Morgan fingerprint density at radius 1 is 1.26 bits per heavy atom. The van der Waals surface area contributed by atoms with Crippen molar-refractivity contribution in [1.29, 1.82) is 0 Å². The molecule has 10 heteroatoms. The van der Waals surface area contributed by atoms with Gasteiger partial charge >= 0.3 is 0 Å². The number of hydrogen-bond donors (Lipinski definition) is 1. The van der Waals surface area contributed by atoms with Gasteiger partial charge in [0.15, 0.2) is 5.82 Å². The summed E-state index contributed by atoms with van der Waals surface area (Å²) in [6.45, 7) is 4.14. The molecule has 1 N–H and O–H groups in total. The molecule has 3 heterocycles. The summed E-state index contributed by atoms with van der Waals surface area (Å²) in [6, 6.07) is 8.14. The Balaban J connectivity index is 1.51. The van der Waals surface area contributed by atoms with Gasteiger partial charge in [0.05, 0.1) is 18.8 Å². The molecule has 1 aliphatic rings. The molecule has 0 bridgehead atoms. The summed E-state index contributed by atoms with van der Waals surface area (Å²) < 4.78 is 10.1. The molecule has 0 spiro atoms. The number of nitrogens with one attached hydrogen (secondary N) is 1. The van der Waals surface area contributed by atoms with E-state index in [9.17, 15) is 0 Å². The fraction of sp³-hybridized carbons (Fsp3) is 0.583. The highest BCUT2D eigenvalue weighted by Crippen LogP contribution is 2.25. The largest absolute Gasteiger partial charge is 0.492 e. The first kappa shape index (κ1) is 24.7. The van der Waals surface area contributed by atoms with E-state index in [1.54, 1.807) is 11.8 Å². The lowest BCUT2D eigenvalue weighted by Crippen LogP contribution is -2.28. The van der Waals surface area contributed by atoms with Gasteiger partial charge in [-0.3, -0.25) is 4.68 Å². The zero-order valence-corrected chi connectivity index (χ0v) is 21.3. The van der Waals surface area contributed by atoms with Crippen LogP contribution in [-0.2, 0) is 25.9 Å². The van der Waals surface area contributed by atoms with Gasteiger partial charge in [-0.15, -0.1) is 5.10 Å². The summed E-state index contributed by atoms with van der Waals surface area (Å²) in [6.07, 6.45) is 8.66. The Labute approximate surface area is 206 Å². The quantitative estimate of drug-likeness (QED) is 0.396. The lowest BCUT2D eigenvalue weighted by atomic mass is 10.0. The summed E-state index contributed by atoms with van der Waals surface area (Å²) in [7, 11) is 4.10. The smallest absolute Gasteiger partial charge is 0.172 e. The normalized spacial score (nSPS) is 14.4. The molecule has 0 aliphatic carbocycles. The number of thioether (sulfide) groups is 1. The first-order valence-electron chi connectivity index (χ1n) is 12.0. The van der Waals surface area contributed by atoms with Gasteiger partial charge in [0, 0.05) is 31.1 Å². The second-order valence-electron chi connectivity index (χ2n) is 8.91. The molecule has 184 valence electrons. The highest BCUT2D eigenvalue weighted by Gasteiger charge is 2.22. The first-order chi connectivity index (χ1) is 16.7. The topological polar surface area (TPSA) is 85.9 Å². The Hall–Kier alpha value is -2.43. The lowest BCUT2D eigenvalue weighted by molar-refractivity contribution is 0.261. The molecule has 1 unspecified atom stereocenters. The van der Waals surface area contributed by atoms with E-state index in [1.807, 2.05) is 37.1 Å². The number of aromatic nitrogens is 6. The van der Waals surface area contributed by atoms with Crippen LogP contribution in [0.3, 0.4) is 0 Å². The summed E-state index contributed by atoms with van der Waals surface area (Å²) in [5, 5.41) is 21.0. The molecule has 3 aromatic rings. The van der Waals surface area contributed by atoms with E-state index < -0.39 is 0 Å². The number of ether oxygens (including phenoxy) is 1. The number of likely N-dealkylation sites (N-methyl/N-ethyl adjacent to an activating group) is 1. The molecular formula is C24H36N8OS. The van der Waals surface area contributed by atoms with Crippen LogP contribution in [0.25, 0.3) is 0 Å². The summed E-state index contributed by atoms with van der Waals surface area (Å²) >= 11 is 1.79. The molecule has 0 fully saturated rings. The molecule has 0 amide bonds. The van der Waals surface area contributed by atoms with Crippen molar-refractivity contribution in [3.05, 3.63) is 53.1 Å². The monoisotopic (exact) mass is 484 g/mol. The first-order valence-corrected chi connectivity index (χ1v) is 13.4. The average molecular weight is 485 g/mol. The van der Waals surface area contributed by atoms with E-state index in [0.29, 0.717) is 6.61 Å². The highest BCUT2D eigenvalue weighted by atomic mass is 32.2. The molecule has 1 atom stereocenters. The van der Waals surface area contributed by atoms with Crippen LogP contribution < -0.4 is 10.1 Å². The minimum atomic E-state index is -0.124. The Morgan fingerprint density at radius 2 is 2.18 bits per heavy atom. The van der Waals surface area contributed by atoms with E-state index in [4.69, 9.17) is 4.74 Å². The standard InChI is InChI=1S/C24H36N8OS/c1-30(2)13-15-33-21-8-6-7-19(17-21)23(24-27-28-29-32(24)14-16-34-3)25-11-10-20-18-26-31-12-5-4-9-22(20)31/h6-8,17-18,23,25H,4-5,9-16H2,1-3H3. The van der Waals surface area contributed by atoms with Crippen molar-refractivity contribution in [1.82, 2.24) is 40.2 Å². The Kier molecular flexibility index (Phi) is 8.95. The molecule has 0 radical (unpaired) electrons. The van der Waals surface area contributed by atoms with E-state index in [-0.39, 0.29) is 6.04 Å². The van der Waals surface area contributed by atoms with Crippen molar-refractivity contribution in [2.24, 2.45) is 0 Å². The van der Waals surface area contributed by atoms with Crippen LogP contribution in [0.2, 0.25) is 0 Å². The number of tetrazole rings is 1. The number of benzene rings is 1. The van der Waals surface area contributed by atoms with Crippen LogP contribution >= 0.6 is 11.8 Å². The molecule has 34 heavy (non-hydrogen) atoms. The van der Waals surface area contributed by atoms with E-state index in [1.165, 1.54) is 24.1 Å². The fourth-order valence-electron chi connectivity index (χ4n) is 4.29. The molecule has 0 saturated heterocycles. The van der Waals surface area contributed by atoms with Gasteiger partial charge in [-0.05, 0) is 79.7 Å². The second kappa shape index (κ2) is 12.3. The summed E-state index contributed by atoms with van der Waals surface area (Å²) in [4.78, 5) is 2.11. The summed E-state index contributed by atoms with van der Waals surface area (Å²) in [5.41, 5.74) is 3.83.